The highest BCUT2D eigenvalue weighted by Crippen LogP contribution is 2.40. The lowest BCUT2D eigenvalue weighted by molar-refractivity contribution is -0.129. The molecular formula is C28H42N4O6. The number of aliphatic hydroxyl groups excluding tert-OH is 1. The van der Waals surface area contributed by atoms with Gasteiger partial charge in [0, 0.05) is 51.1 Å². The molecule has 1 aliphatic carbocycles. The Kier molecular flexibility index (Phi) is 9.62. The van der Waals surface area contributed by atoms with Crippen LogP contribution in [0.2, 0.25) is 0 Å². The van der Waals surface area contributed by atoms with Gasteiger partial charge in [-0.3, -0.25) is 14.4 Å². The van der Waals surface area contributed by atoms with Crippen LogP contribution in [0.5, 0.6) is 5.75 Å². The Morgan fingerprint density at radius 3 is 2.71 bits per heavy atom. The number of fused-ring (bicyclic) bond motifs is 1. The average molecular weight is 531 g/mol. The summed E-state index contributed by atoms with van der Waals surface area (Å²) in [6, 6.07) is 5.45. The Morgan fingerprint density at radius 1 is 1.26 bits per heavy atom. The molecule has 10 heteroatoms. The van der Waals surface area contributed by atoms with Crippen LogP contribution in [0.3, 0.4) is 0 Å². The van der Waals surface area contributed by atoms with Crippen molar-refractivity contribution in [1.29, 1.82) is 0 Å². The number of carbonyl (C=O) groups excluding carboxylic acids is 3. The fraction of sp³-hybridized carbons (Fsp3) is 0.679. The van der Waals surface area contributed by atoms with E-state index < -0.39 is 0 Å². The van der Waals surface area contributed by atoms with Crippen LogP contribution in [0.15, 0.2) is 18.2 Å². The molecule has 0 spiro atoms. The van der Waals surface area contributed by atoms with Crippen molar-refractivity contribution in [3.63, 3.8) is 0 Å². The van der Waals surface area contributed by atoms with Gasteiger partial charge in [-0.2, -0.15) is 0 Å². The normalized spacial score (nSPS) is 22.0. The Bertz CT molecular complexity index is 998. The van der Waals surface area contributed by atoms with E-state index in [1.807, 2.05) is 23.1 Å². The largest absolute Gasteiger partial charge is 0.481 e. The third kappa shape index (κ3) is 6.84. The summed E-state index contributed by atoms with van der Waals surface area (Å²) in [6.45, 7) is 6.12. The molecular weight excluding hydrogens is 488 g/mol. The number of hydrogen-bond acceptors (Lipinski definition) is 7. The predicted molar refractivity (Wildman–Crippen MR) is 144 cm³/mol. The summed E-state index contributed by atoms with van der Waals surface area (Å²) >= 11 is 0. The molecule has 0 radical (unpaired) electrons. The van der Waals surface area contributed by atoms with Crippen LogP contribution in [0, 0.1) is 17.8 Å². The molecule has 1 saturated heterocycles. The standard InChI is InChI=1S/C28H42N4O6/c1-18(2)11-21(16-33)30-27(35)19-12-20(15-29-14-19)28(36)32(22-5-6-22)23-7-8-24-25(13-23)38-17-26(34)31(24)9-4-10-37-3/h7-8,13,18-22,29,33H,4-6,9-12,14-17H2,1-3H3,(H,30,35)/t19-,20+,21?/m0/s1. The van der Waals surface area contributed by atoms with Gasteiger partial charge in [-0.05, 0) is 50.2 Å². The van der Waals surface area contributed by atoms with Crippen molar-refractivity contribution in [1.82, 2.24) is 10.6 Å². The van der Waals surface area contributed by atoms with Gasteiger partial charge in [0.15, 0.2) is 6.61 Å². The monoisotopic (exact) mass is 530 g/mol. The molecule has 4 rings (SSSR count). The van der Waals surface area contributed by atoms with Gasteiger partial charge in [-0.15, -0.1) is 0 Å². The van der Waals surface area contributed by atoms with Crippen LogP contribution < -0.4 is 25.2 Å². The maximum absolute atomic E-state index is 13.8. The number of piperidine rings is 1. The second-order valence-corrected chi connectivity index (χ2v) is 11.1. The lowest BCUT2D eigenvalue weighted by Gasteiger charge is -2.34. The van der Waals surface area contributed by atoms with Gasteiger partial charge in [0.1, 0.15) is 5.75 Å². The molecule has 1 aromatic carbocycles. The summed E-state index contributed by atoms with van der Waals surface area (Å²) in [5.41, 5.74) is 1.46. The number of amides is 3. The van der Waals surface area contributed by atoms with Gasteiger partial charge in [0.05, 0.1) is 30.2 Å². The van der Waals surface area contributed by atoms with Crippen molar-refractivity contribution in [2.24, 2.45) is 17.8 Å². The van der Waals surface area contributed by atoms with Crippen molar-refractivity contribution < 1.29 is 29.0 Å². The van der Waals surface area contributed by atoms with Gasteiger partial charge in [0.2, 0.25) is 11.8 Å². The summed E-state index contributed by atoms with van der Waals surface area (Å²) in [5.74, 6) is 0.0771. The average Bonchev–Trinajstić information content (AvgIpc) is 3.74. The van der Waals surface area contributed by atoms with Gasteiger partial charge in [0.25, 0.3) is 5.91 Å². The zero-order chi connectivity index (χ0) is 27.2. The summed E-state index contributed by atoms with van der Waals surface area (Å²) in [7, 11) is 1.64. The predicted octanol–water partition coefficient (Wildman–Crippen LogP) is 1.69. The number of methoxy groups -OCH3 is 1. The minimum absolute atomic E-state index is 0.00201. The minimum atomic E-state index is -0.335. The van der Waals surface area contributed by atoms with Crippen LogP contribution in [-0.2, 0) is 19.1 Å². The molecule has 0 bridgehead atoms. The van der Waals surface area contributed by atoms with E-state index >= 15 is 0 Å². The van der Waals surface area contributed by atoms with Crippen LogP contribution in [0.25, 0.3) is 0 Å². The van der Waals surface area contributed by atoms with E-state index in [0.29, 0.717) is 56.4 Å². The SMILES string of the molecule is COCCCN1C(=O)COc2cc(N(C(=O)[C@H]3CNC[C@@H](C(=O)NC(CO)CC(C)C)C3)C3CC3)ccc21. The van der Waals surface area contributed by atoms with E-state index in [9.17, 15) is 19.5 Å². The van der Waals surface area contributed by atoms with Crippen LogP contribution in [0.4, 0.5) is 11.4 Å². The maximum atomic E-state index is 13.8. The number of nitrogens with one attached hydrogen (secondary N) is 2. The number of rotatable bonds is 12. The molecule has 1 unspecified atom stereocenters. The highest BCUT2D eigenvalue weighted by atomic mass is 16.5. The van der Waals surface area contributed by atoms with E-state index in [1.54, 1.807) is 12.0 Å². The second-order valence-electron chi connectivity index (χ2n) is 11.1. The molecule has 1 aromatic rings. The number of carbonyl (C=O) groups is 3. The zero-order valence-corrected chi connectivity index (χ0v) is 22.8. The van der Waals surface area contributed by atoms with Crippen LogP contribution >= 0.6 is 0 Å². The van der Waals surface area contributed by atoms with Gasteiger partial charge in [-0.1, -0.05) is 13.8 Å². The van der Waals surface area contributed by atoms with Crippen molar-refractivity contribution in [3.8, 4) is 5.75 Å². The van der Waals surface area contributed by atoms with Gasteiger partial charge in [-0.25, -0.2) is 0 Å². The molecule has 3 N–H and O–H groups in total. The van der Waals surface area contributed by atoms with Crippen molar-refractivity contribution >= 4 is 29.1 Å². The fourth-order valence-corrected chi connectivity index (χ4v) is 5.40. The lowest BCUT2D eigenvalue weighted by Crippen LogP contribution is -2.51. The van der Waals surface area contributed by atoms with E-state index in [1.165, 1.54) is 0 Å². The van der Waals surface area contributed by atoms with Crippen LogP contribution in [0.1, 0.15) is 46.0 Å². The molecule has 2 heterocycles. The second kappa shape index (κ2) is 12.9. The summed E-state index contributed by atoms with van der Waals surface area (Å²) in [6.07, 6.45) is 3.75. The van der Waals surface area contributed by atoms with Crippen molar-refractivity contribution in [2.75, 3.05) is 56.4 Å². The molecule has 0 aromatic heterocycles. The van der Waals surface area contributed by atoms with Gasteiger partial charge < -0.3 is 35.0 Å². The first kappa shape index (κ1) is 28.3. The van der Waals surface area contributed by atoms with E-state index in [0.717, 1.165) is 24.9 Å². The highest BCUT2D eigenvalue weighted by Gasteiger charge is 2.40. The number of aliphatic hydroxyl groups is 1. The van der Waals surface area contributed by atoms with Crippen LogP contribution in [-0.4, -0.2) is 81.5 Å². The molecule has 3 atom stereocenters. The molecule has 210 valence electrons. The first-order chi connectivity index (χ1) is 18.3. The Balaban J connectivity index is 1.46. The topological polar surface area (TPSA) is 120 Å². The molecule has 38 heavy (non-hydrogen) atoms. The van der Waals surface area contributed by atoms with E-state index in [-0.39, 0.29) is 54.9 Å². The van der Waals surface area contributed by atoms with Crippen molar-refractivity contribution in [2.45, 2.75) is 58.0 Å². The fourth-order valence-electron chi connectivity index (χ4n) is 5.40. The smallest absolute Gasteiger partial charge is 0.265 e. The summed E-state index contributed by atoms with van der Waals surface area (Å²) in [4.78, 5) is 42.8. The Hall–Kier alpha value is -2.69. The molecule has 2 fully saturated rings. The third-order valence-corrected chi connectivity index (χ3v) is 7.44. The van der Waals surface area contributed by atoms with E-state index in [2.05, 4.69) is 24.5 Å². The third-order valence-electron chi connectivity index (χ3n) is 7.44. The molecule has 10 nitrogen and oxygen atoms in total. The number of ether oxygens (including phenoxy) is 2. The Labute approximate surface area is 225 Å². The number of nitrogens with zero attached hydrogens (tertiary/aromatic N) is 2. The quantitative estimate of drug-likeness (QED) is 0.352. The number of benzene rings is 1. The molecule has 2 aliphatic heterocycles. The minimum Gasteiger partial charge on any atom is -0.481 e. The highest BCUT2D eigenvalue weighted by molar-refractivity contribution is 6.00. The lowest BCUT2D eigenvalue weighted by atomic mass is 9.88. The molecule has 1 saturated carbocycles. The number of hydrogen-bond donors (Lipinski definition) is 3. The number of anilines is 2. The molecule has 3 aliphatic rings. The van der Waals surface area contributed by atoms with Gasteiger partial charge >= 0.3 is 0 Å². The zero-order valence-electron chi connectivity index (χ0n) is 22.8. The first-order valence-electron chi connectivity index (χ1n) is 13.8. The van der Waals surface area contributed by atoms with Crippen molar-refractivity contribution in [3.05, 3.63) is 18.2 Å². The first-order valence-corrected chi connectivity index (χ1v) is 13.8. The molecule has 3 amide bonds. The van der Waals surface area contributed by atoms with E-state index in [4.69, 9.17) is 9.47 Å². The maximum Gasteiger partial charge on any atom is 0.265 e. The Morgan fingerprint density at radius 2 is 2.03 bits per heavy atom. The summed E-state index contributed by atoms with van der Waals surface area (Å²) < 4.78 is 10.9. The summed E-state index contributed by atoms with van der Waals surface area (Å²) in [5, 5.41) is 15.9.